The molecular weight excluding hydrogens is 492 g/mol. The number of benzene rings is 2. The van der Waals surface area contributed by atoms with E-state index in [-0.39, 0.29) is 6.61 Å². The number of rotatable bonds is 10. The van der Waals surface area contributed by atoms with Gasteiger partial charge >= 0.3 is 6.18 Å². The van der Waals surface area contributed by atoms with Crippen molar-refractivity contribution >= 4 is 27.5 Å². The lowest BCUT2D eigenvalue weighted by Gasteiger charge is -2.13. The van der Waals surface area contributed by atoms with E-state index in [0.29, 0.717) is 48.3 Å². The number of alkyl halides is 3. The van der Waals surface area contributed by atoms with Crippen LogP contribution in [0.1, 0.15) is 24.0 Å². The lowest BCUT2D eigenvalue weighted by Crippen LogP contribution is -2.05. The van der Waals surface area contributed by atoms with Gasteiger partial charge in [-0.25, -0.2) is 0 Å². The molecule has 0 amide bonds. The van der Waals surface area contributed by atoms with Crippen LogP contribution in [0.4, 0.5) is 17.6 Å². The van der Waals surface area contributed by atoms with Crippen LogP contribution in [0.25, 0.3) is 0 Å². The second-order valence-electron chi connectivity index (χ2n) is 6.28. The van der Waals surface area contributed by atoms with Crippen molar-refractivity contribution in [3.63, 3.8) is 0 Å². The summed E-state index contributed by atoms with van der Waals surface area (Å²) in [5.41, 5.74) is 0.0699. The fraction of sp³-hybridized carbons (Fsp3) is 0.333. The summed E-state index contributed by atoms with van der Waals surface area (Å²) in [5, 5.41) is 0.384. The minimum Gasteiger partial charge on any atom is -0.494 e. The average Bonchev–Trinajstić information content (AvgIpc) is 2.65. The van der Waals surface area contributed by atoms with Crippen LogP contribution in [-0.4, -0.2) is 19.8 Å². The Bertz CT molecular complexity index is 827. The quantitative estimate of drug-likeness (QED) is 0.244. The summed E-state index contributed by atoms with van der Waals surface area (Å²) in [4.78, 5) is 0. The third kappa shape index (κ3) is 8.07. The first-order valence-electron chi connectivity index (χ1n) is 9.04. The summed E-state index contributed by atoms with van der Waals surface area (Å²) in [5.74, 6) is 1.42. The topological polar surface area (TPSA) is 27.7 Å². The molecule has 164 valence electrons. The van der Waals surface area contributed by atoms with E-state index in [4.69, 9.17) is 25.8 Å². The van der Waals surface area contributed by atoms with Crippen LogP contribution in [0.5, 0.6) is 17.2 Å². The maximum absolute atomic E-state index is 12.6. The molecule has 0 N–H and O–H groups in total. The molecule has 0 atom stereocenters. The van der Waals surface area contributed by atoms with E-state index >= 15 is 0 Å². The smallest absolute Gasteiger partial charge is 0.416 e. The zero-order chi connectivity index (χ0) is 22.1. The highest BCUT2D eigenvalue weighted by Crippen LogP contribution is 2.33. The number of hydrogen-bond donors (Lipinski definition) is 0. The molecule has 0 bridgehead atoms. The van der Waals surface area contributed by atoms with E-state index in [1.807, 2.05) is 6.92 Å². The average molecular weight is 512 g/mol. The van der Waals surface area contributed by atoms with Crippen molar-refractivity contribution in [2.75, 3.05) is 19.8 Å². The molecule has 30 heavy (non-hydrogen) atoms. The van der Waals surface area contributed by atoms with E-state index in [0.717, 1.165) is 17.7 Å². The minimum atomic E-state index is -4.36. The Morgan fingerprint density at radius 1 is 1.00 bits per heavy atom. The molecule has 0 unspecified atom stereocenters. The molecule has 0 saturated heterocycles. The van der Waals surface area contributed by atoms with Crippen molar-refractivity contribution in [2.24, 2.45) is 0 Å². The Hall–Kier alpha value is -1.93. The van der Waals surface area contributed by atoms with Crippen molar-refractivity contribution < 1.29 is 31.8 Å². The molecule has 0 aliphatic heterocycles. The summed E-state index contributed by atoms with van der Waals surface area (Å²) >= 11 is 8.91. The molecule has 0 aliphatic carbocycles. The summed E-state index contributed by atoms with van der Waals surface area (Å²) in [6.07, 6.45) is -1.80. The SMILES string of the molecule is Cc1cc(OC/C=C(/F)Br)cc(Cl)c1OCCCCOc1ccc(C(F)(F)F)cc1. The Labute approximate surface area is 185 Å². The van der Waals surface area contributed by atoms with Gasteiger partial charge in [0.1, 0.15) is 23.9 Å². The zero-order valence-corrected chi connectivity index (χ0v) is 18.4. The number of aryl methyl sites for hydroxylation is 1. The normalized spacial score (nSPS) is 12.0. The van der Waals surface area contributed by atoms with Crippen molar-refractivity contribution in [1.29, 1.82) is 0 Å². The van der Waals surface area contributed by atoms with Crippen molar-refractivity contribution in [3.8, 4) is 17.2 Å². The standard InChI is InChI=1S/C21H20BrClF4O3/c1-14-12-17(29-11-8-19(22)24)13-18(23)20(14)30-10-3-2-9-28-16-6-4-15(5-7-16)21(25,26)27/h4-8,12-13H,2-3,9-11H2,1H3/b19-8+. The molecular formula is C21H20BrClF4O3. The van der Waals surface area contributed by atoms with Crippen molar-refractivity contribution in [1.82, 2.24) is 0 Å². The molecule has 2 aromatic rings. The lowest BCUT2D eigenvalue weighted by molar-refractivity contribution is -0.137. The molecule has 2 aromatic carbocycles. The van der Waals surface area contributed by atoms with Gasteiger partial charge in [-0.2, -0.15) is 17.6 Å². The zero-order valence-electron chi connectivity index (χ0n) is 16.1. The highest BCUT2D eigenvalue weighted by Gasteiger charge is 2.29. The van der Waals surface area contributed by atoms with Gasteiger partial charge in [0.25, 0.3) is 0 Å². The van der Waals surface area contributed by atoms with Crippen LogP contribution in [0, 0.1) is 6.92 Å². The predicted octanol–water partition coefficient (Wildman–Crippen LogP) is 7.49. The van der Waals surface area contributed by atoms with Crippen LogP contribution in [0.15, 0.2) is 47.2 Å². The first kappa shape index (κ1) is 24.3. The maximum atomic E-state index is 12.6. The van der Waals surface area contributed by atoms with E-state index in [9.17, 15) is 17.6 Å². The van der Waals surface area contributed by atoms with Gasteiger partial charge in [0.2, 0.25) is 0 Å². The maximum Gasteiger partial charge on any atom is 0.416 e. The summed E-state index contributed by atoms with van der Waals surface area (Å²) in [7, 11) is 0. The fourth-order valence-corrected chi connectivity index (χ4v) is 2.92. The minimum absolute atomic E-state index is 0.0615. The Morgan fingerprint density at radius 3 is 2.20 bits per heavy atom. The van der Waals surface area contributed by atoms with E-state index in [1.54, 1.807) is 12.1 Å². The van der Waals surface area contributed by atoms with E-state index in [1.165, 1.54) is 18.2 Å². The molecule has 0 saturated carbocycles. The highest BCUT2D eigenvalue weighted by molar-refractivity contribution is 9.11. The second kappa shape index (κ2) is 11.5. The van der Waals surface area contributed by atoms with E-state index in [2.05, 4.69) is 15.9 Å². The molecule has 0 radical (unpaired) electrons. The monoisotopic (exact) mass is 510 g/mol. The number of hydrogen-bond acceptors (Lipinski definition) is 3. The van der Waals surface area contributed by atoms with E-state index < -0.39 is 16.5 Å². The molecule has 0 fully saturated rings. The third-order valence-electron chi connectivity index (χ3n) is 3.93. The lowest BCUT2D eigenvalue weighted by atomic mass is 10.2. The Kier molecular flexibility index (Phi) is 9.30. The van der Waals surface area contributed by atoms with Crippen LogP contribution < -0.4 is 14.2 Å². The molecule has 0 heterocycles. The van der Waals surface area contributed by atoms with Crippen LogP contribution in [0.2, 0.25) is 5.02 Å². The molecule has 2 rings (SSSR count). The van der Waals surface area contributed by atoms with Crippen molar-refractivity contribution in [2.45, 2.75) is 25.9 Å². The van der Waals surface area contributed by atoms with Gasteiger partial charge in [0.15, 0.2) is 4.74 Å². The first-order chi connectivity index (χ1) is 14.2. The molecule has 3 nitrogen and oxygen atoms in total. The molecule has 0 aliphatic rings. The third-order valence-corrected chi connectivity index (χ3v) is 4.53. The number of ether oxygens (including phenoxy) is 3. The van der Waals surface area contributed by atoms with Gasteiger partial charge in [-0.15, -0.1) is 0 Å². The first-order valence-corrected chi connectivity index (χ1v) is 10.2. The molecule has 0 spiro atoms. The Balaban J connectivity index is 1.73. The van der Waals surface area contributed by atoms with Gasteiger partial charge in [0, 0.05) is 6.07 Å². The molecule has 9 heteroatoms. The number of halogens is 6. The van der Waals surface area contributed by atoms with Gasteiger partial charge in [-0.05, 0) is 77.7 Å². The fourth-order valence-electron chi connectivity index (χ4n) is 2.47. The van der Waals surface area contributed by atoms with Crippen molar-refractivity contribution in [3.05, 3.63) is 63.4 Å². The van der Waals surface area contributed by atoms with Crippen LogP contribution >= 0.6 is 27.5 Å². The predicted molar refractivity (Wildman–Crippen MR) is 111 cm³/mol. The highest BCUT2D eigenvalue weighted by atomic mass is 79.9. The van der Waals surface area contributed by atoms with Crippen LogP contribution in [-0.2, 0) is 6.18 Å². The largest absolute Gasteiger partial charge is 0.494 e. The summed E-state index contributed by atoms with van der Waals surface area (Å²) in [6.45, 7) is 2.63. The van der Waals surface area contributed by atoms with Crippen LogP contribution in [0.3, 0.4) is 0 Å². The van der Waals surface area contributed by atoms with Gasteiger partial charge in [-0.3, -0.25) is 0 Å². The summed E-state index contributed by atoms with van der Waals surface area (Å²) in [6, 6.07) is 7.92. The second-order valence-corrected chi connectivity index (χ2v) is 7.45. The summed E-state index contributed by atoms with van der Waals surface area (Å²) < 4.78 is 66.2. The van der Waals surface area contributed by atoms with Gasteiger partial charge < -0.3 is 14.2 Å². The Morgan fingerprint density at radius 2 is 1.63 bits per heavy atom. The van der Waals surface area contributed by atoms with Gasteiger partial charge in [-0.1, -0.05) is 11.6 Å². The molecule has 0 aromatic heterocycles. The number of unbranched alkanes of at least 4 members (excludes halogenated alkanes) is 1. The van der Waals surface area contributed by atoms with Gasteiger partial charge in [0.05, 0.1) is 23.8 Å².